The van der Waals surface area contributed by atoms with Gasteiger partial charge in [0, 0.05) is 11.9 Å². The van der Waals surface area contributed by atoms with Crippen molar-refractivity contribution in [1.29, 1.82) is 0 Å². The van der Waals surface area contributed by atoms with Crippen LogP contribution in [0.3, 0.4) is 0 Å². The van der Waals surface area contributed by atoms with Crippen LogP contribution in [0.2, 0.25) is 0 Å². The van der Waals surface area contributed by atoms with Gasteiger partial charge in [-0.25, -0.2) is 4.79 Å². The van der Waals surface area contributed by atoms with Crippen LogP contribution in [0.4, 0.5) is 4.79 Å². The van der Waals surface area contributed by atoms with Gasteiger partial charge in [0.15, 0.2) is 5.78 Å². The number of ketones is 1. The molecule has 1 aromatic heterocycles. The fraction of sp³-hybridized carbons (Fsp3) is 0.571. The second-order valence-corrected chi connectivity index (χ2v) is 7.31. The molecule has 118 valence electrons. The number of halogens is 1. The Kier molecular flexibility index (Phi) is 6.37. The number of hydrogen-bond acceptors (Lipinski definition) is 5. The molecule has 0 bridgehead atoms. The Bertz CT molecular complexity index is 509. The van der Waals surface area contributed by atoms with Crippen LogP contribution in [0, 0.1) is 0 Å². The van der Waals surface area contributed by atoms with Crippen LogP contribution in [0.5, 0.6) is 0 Å². The van der Waals surface area contributed by atoms with Crippen molar-refractivity contribution in [1.82, 2.24) is 4.90 Å². The summed E-state index contributed by atoms with van der Waals surface area (Å²) in [6, 6.07) is 3.38. The molecule has 7 heteroatoms. The molecule has 0 aliphatic carbocycles. The molecule has 5 nitrogen and oxygen atoms in total. The number of ether oxygens (including phenoxy) is 1. The maximum absolute atomic E-state index is 11.8. The van der Waals surface area contributed by atoms with E-state index in [9.17, 15) is 14.7 Å². The number of carbonyl (C=O) groups is 2. The molecule has 1 unspecified atom stereocenters. The van der Waals surface area contributed by atoms with Crippen LogP contribution in [-0.4, -0.2) is 46.4 Å². The van der Waals surface area contributed by atoms with Crippen molar-refractivity contribution in [2.24, 2.45) is 0 Å². The SMILES string of the molecule is CN(CC(O)c1ccc(C(=O)CBr)s1)C(=O)OC(C)(C)C. The van der Waals surface area contributed by atoms with Gasteiger partial charge in [0.2, 0.25) is 0 Å². The van der Waals surface area contributed by atoms with Crippen LogP contribution in [0.15, 0.2) is 12.1 Å². The monoisotopic (exact) mass is 377 g/mol. The first-order valence-corrected chi connectivity index (χ1v) is 8.39. The van der Waals surface area contributed by atoms with E-state index in [-0.39, 0.29) is 17.7 Å². The average Bonchev–Trinajstić information content (AvgIpc) is 2.85. The van der Waals surface area contributed by atoms with Crippen molar-refractivity contribution >= 4 is 39.1 Å². The summed E-state index contributed by atoms with van der Waals surface area (Å²) in [5.74, 6) is -0.0288. The average molecular weight is 378 g/mol. The van der Waals surface area contributed by atoms with Crippen molar-refractivity contribution < 1.29 is 19.4 Å². The molecule has 0 aliphatic rings. The Morgan fingerprint density at radius 1 is 1.43 bits per heavy atom. The topological polar surface area (TPSA) is 66.8 Å². The van der Waals surface area contributed by atoms with Crippen LogP contribution in [0.1, 0.15) is 41.4 Å². The summed E-state index contributed by atoms with van der Waals surface area (Å²) in [4.78, 5) is 25.9. The van der Waals surface area contributed by atoms with E-state index in [1.165, 1.54) is 16.2 Å². The highest BCUT2D eigenvalue weighted by atomic mass is 79.9. The highest BCUT2D eigenvalue weighted by Crippen LogP contribution is 2.25. The third-order valence-corrected chi connectivity index (χ3v) is 4.24. The van der Waals surface area contributed by atoms with Crippen molar-refractivity contribution in [2.45, 2.75) is 32.5 Å². The highest BCUT2D eigenvalue weighted by molar-refractivity contribution is 9.09. The molecule has 1 heterocycles. The number of rotatable bonds is 5. The Morgan fingerprint density at radius 2 is 2.05 bits per heavy atom. The minimum atomic E-state index is -0.843. The van der Waals surface area contributed by atoms with E-state index in [2.05, 4.69) is 15.9 Å². The molecular formula is C14H20BrNO4S. The van der Waals surface area contributed by atoms with Gasteiger partial charge in [0.05, 0.1) is 16.8 Å². The molecule has 1 amide bonds. The minimum Gasteiger partial charge on any atom is -0.444 e. The number of carbonyl (C=O) groups excluding carboxylic acids is 2. The van der Waals surface area contributed by atoms with Crippen LogP contribution < -0.4 is 0 Å². The number of thiophene rings is 1. The van der Waals surface area contributed by atoms with E-state index in [0.29, 0.717) is 9.75 Å². The molecule has 1 atom stereocenters. The largest absolute Gasteiger partial charge is 0.444 e. The first kappa shape index (κ1) is 18.1. The molecule has 0 saturated heterocycles. The molecule has 0 radical (unpaired) electrons. The van der Waals surface area contributed by atoms with Crippen molar-refractivity contribution in [3.05, 3.63) is 21.9 Å². The van der Waals surface area contributed by atoms with E-state index in [0.717, 1.165) is 0 Å². The Morgan fingerprint density at radius 3 is 2.57 bits per heavy atom. The highest BCUT2D eigenvalue weighted by Gasteiger charge is 2.22. The smallest absolute Gasteiger partial charge is 0.410 e. The molecule has 21 heavy (non-hydrogen) atoms. The van der Waals surface area contributed by atoms with Gasteiger partial charge in [-0.3, -0.25) is 4.79 Å². The maximum Gasteiger partial charge on any atom is 0.410 e. The molecule has 1 rings (SSSR count). The van der Waals surface area contributed by atoms with Gasteiger partial charge in [-0.2, -0.15) is 0 Å². The Balaban J connectivity index is 2.64. The number of nitrogens with zero attached hydrogens (tertiary/aromatic N) is 1. The van der Waals surface area contributed by atoms with Gasteiger partial charge in [0.25, 0.3) is 0 Å². The van der Waals surface area contributed by atoms with Gasteiger partial charge >= 0.3 is 6.09 Å². The summed E-state index contributed by atoms with van der Waals surface area (Å²) >= 11 is 4.34. The van der Waals surface area contributed by atoms with Gasteiger partial charge < -0.3 is 14.7 Å². The van der Waals surface area contributed by atoms with Gasteiger partial charge in [0.1, 0.15) is 11.7 Å². The van der Waals surface area contributed by atoms with Gasteiger partial charge in [-0.15, -0.1) is 11.3 Å². The summed E-state index contributed by atoms with van der Waals surface area (Å²) in [5, 5.41) is 10.4. The predicted octanol–water partition coefficient (Wildman–Crippen LogP) is 3.23. The Labute approximate surface area is 137 Å². The second-order valence-electron chi connectivity index (χ2n) is 5.64. The summed E-state index contributed by atoms with van der Waals surface area (Å²) in [6.45, 7) is 5.46. The van der Waals surface area contributed by atoms with Crippen LogP contribution in [0.25, 0.3) is 0 Å². The zero-order valence-corrected chi connectivity index (χ0v) is 15.0. The summed E-state index contributed by atoms with van der Waals surface area (Å²) in [7, 11) is 1.56. The third kappa shape index (κ3) is 5.76. The predicted molar refractivity (Wildman–Crippen MR) is 86.3 cm³/mol. The standard InChI is InChI=1S/C14H20BrNO4S/c1-14(2,3)20-13(19)16(4)8-10(18)12-6-5-11(21-12)9(17)7-15/h5-6,10,18H,7-8H2,1-4H3. The molecule has 1 aromatic rings. The molecule has 0 fully saturated rings. The lowest BCUT2D eigenvalue weighted by Crippen LogP contribution is -2.36. The molecule has 0 aliphatic heterocycles. The van der Waals surface area contributed by atoms with Crippen LogP contribution in [-0.2, 0) is 4.74 Å². The first-order valence-electron chi connectivity index (χ1n) is 6.45. The molecule has 0 aromatic carbocycles. The van der Waals surface area contributed by atoms with Crippen molar-refractivity contribution in [2.75, 3.05) is 18.9 Å². The van der Waals surface area contributed by atoms with E-state index < -0.39 is 17.8 Å². The number of likely N-dealkylation sites (N-methyl/N-ethyl adjacent to an activating group) is 1. The maximum atomic E-state index is 11.8. The number of Topliss-reactive ketones (excluding diaryl/α,β-unsaturated/α-hetero) is 1. The lowest BCUT2D eigenvalue weighted by Gasteiger charge is -2.25. The number of alkyl halides is 1. The van der Waals surface area contributed by atoms with Crippen molar-refractivity contribution in [3.63, 3.8) is 0 Å². The summed E-state index contributed by atoms with van der Waals surface area (Å²) in [6.07, 6.45) is -1.33. The zero-order valence-electron chi connectivity index (χ0n) is 12.6. The number of amides is 1. The lowest BCUT2D eigenvalue weighted by molar-refractivity contribution is 0.0208. The van der Waals surface area contributed by atoms with E-state index in [1.54, 1.807) is 40.0 Å². The normalized spacial score (nSPS) is 12.9. The first-order chi connectivity index (χ1) is 9.64. The quantitative estimate of drug-likeness (QED) is 0.631. The zero-order chi connectivity index (χ0) is 16.2. The molecule has 0 saturated carbocycles. The molecular weight excluding hydrogens is 358 g/mol. The Hall–Kier alpha value is -0.920. The minimum absolute atomic E-state index is 0.0288. The third-order valence-electron chi connectivity index (χ3n) is 2.50. The second kappa shape index (κ2) is 7.38. The fourth-order valence-electron chi connectivity index (χ4n) is 1.51. The van der Waals surface area contributed by atoms with E-state index >= 15 is 0 Å². The van der Waals surface area contributed by atoms with E-state index in [1.807, 2.05) is 0 Å². The number of aliphatic hydroxyl groups excluding tert-OH is 1. The fourth-order valence-corrected chi connectivity index (χ4v) is 2.92. The summed E-state index contributed by atoms with van der Waals surface area (Å²) in [5.41, 5.74) is -0.575. The lowest BCUT2D eigenvalue weighted by atomic mass is 10.2. The van der Waals surface area contributed by atoms with E-state index in [4.69, 9.17) is 4.74 Å². The van der Waals surface area contributed by atoms with Gasteiger partial charge in [-0.05, 0) is 32.9 Å². The number of hydrogen-bond donors (Lipinski definition) is 1. The van der Waals surface area contributed by atoms with Crippen LogP contribution >= 0.6 is 27.3 Å². The van der Waals surface area contributed by atoms with Gasteiger partial charge in [-0.1, -0.05) is 15.9 Å². The number of aliphatic hydroxyl groups is 1. The molecule has 0 spiro atoms. The van der Waals surface area contributed by atoms with Crippen molar-refractivity contribution in [3.8, 4) is 0 Å². The summed E-state index contributed by atoms with van der Waals surface area (Å²) < 4.78 is 5.22. The molecule has 1 N–H and O–H groups in total.